The van der Waals surface area contributed by atoms with Gasteiger partial charge >= 0.3 is 0 Å². The SMILES string of the molecule is O=C(CCCS(=O)(=O)c1ccc(F)cc1)Nc1ccc(Cl)c2ncsc12. The minimum absolute atomic E-state index is 0.0448. The van der Waals surface area contributed by atoms with Crippen LogP contribution in [-0.2, 0) is 14.6 Å². The fourth-order valence-electron chi connectivity index (χ4n) is 2.41. The van der Waals surface area contributed by atoms with Crippen molar-refractivity contribution in [3.05, 3.63) is 52.7 Å². The van der Waals surface area contributed by atoms with Gasteiger partial charge in [-0.05, 0) is 42.8 Å². The molecule has 3 aromatic rings. The third-order valence-corrected chi connectivity index (χ3v) is 6.68. The molecule has 0 saturated heterocycles. The molecule has 9 heteroatoms. The molecule has 0 atom stereocenters. The fourth-order valence-corrected chi connectivity index (χ4v) is 4.77. The highest BCUT2D eigenvalue weighted by Gasteiger charge is 2.16. The lowest BCUT2D eigenvalue weighted by Gasteiger charge is -2.07. The van der Waals surface area contributed by atoms with E-state index in [-0.39, 0.29) is 29.4 Å². The quantitative estimate of drug-likeness (QED) is 0.613. The molecule has 5 nitrogen and oxygen atoms in total. The van der Waals surface area contributed by atoms with E-state index in [2.05, 4.69) is 10.3 Å². The molecular weight excluding hydrogens is 399 g/mol. The van der Waals surface area contributed by atoms with E-state index in [1.165, 1.54) is 23.5 Å². The van der Waals surface area contributed by atoms with Crippen LogP contribution in [0.3, 0.4) is 0 Å². The summed E-state index contributed by atoms with van der Waals surface area (Å²) in [5.41, 5.74) is 2.85. The molecule has 0 aliphatic rings. The minimum Gasteiger partial charge on any atom is -0.325 e. The molecule has 26 heavy (non-hydrogen) atoms. The van der Waals surface area contributed by atoms with Gasteiger partial charge in [-0.3, -0.25) is 4.79 Å². The lowest BCUT2D eigenvalue weighted by Crippen LogP contribution is -2.14. The molecule has 1 N–H and O–H groups in total. The second kappa shape index (κ2) is 7.69. The molecule has 1 heterocycles. The highest BCUT2D eigenvalue weighted by molar-refractivity contribution is 7.91. The van der Waals surface area contributed by atoms with Crippen LogP contribution in [0.4, 0.5) is 10.1 Å². The number of rotatable bonds is 6. The number of fused-ring (bicyclic) bond motifs is 1. The van der Waals surface area contributed by atoms with E-state index >= 15 is 0 Å². The first-order valence-electron chi connectivity index (χ1n) is 7.67. The average Bonchev–Trinajstić information content (AvgIpc) is 3.08. The Kier molecular flexibility index (Phi) is 5.55. The molecule has 1 amide bonds. The van der Waals surface area contributed by atoms with Gasteiger partial charge < -0.3 is 5.32 Å². The van der Waals surface area contributed by atoms with E-state index in [1.54, 1.807) is 17.6 Å². The molecule has 0 radical (unpaired) electrons. The number of nitrogens with one attached hydrogen (secondary N) is 1. The summed E-state index contributed by atoms with van der Waals surface area (Å²) in [6.07, 6.45) is 0.203. The Labute approximate surface area is 158 Å². The predicted molar refractivity (Wildman–Crippen MR) is 101 cm³/mol. The summed E-state index contributed by atoms with van der Waals surface area (Å²) in [6.45, 7) is 0. The third kappa shape index (κ3) is 4.20. The van der Waals surface area contributed by atoms with Crippen LogP contribution in [0, 0.1) is 5.82 Å². The van der Waals surface area contributed by atoms with Crippen LogP contribution in [0.1, 0.15) is 12.8 Å². The fraction of sp³-hybridized carbons (Fsp3) is 0.176. The van der Waals surface area contributed by atoms with Gasteiger partial charge in [-0.25, -0.2) is 17.8 Å². The van der Waals surface area contributed by atoms with Crippen molar-refractivity contribution in [2.75, 3.05) is 11.1 Å². The first-order chi connectivity index (χ1) is 12.4. The summed E-state index contributed by atoms with van der Waals surface area (Å²) in [5.74, 6) is -0.986. The topological polar surface area (TPSA) is 76.1 Å². The Morgan fingerprint density at radius 2 is 1.92 bits per heavy atom. The molecule has 1 aromatic heterocycles. The molecule has 0 unspecified atom stereocenters. The summed E-state index contributed by atoms with van der Waals surface area (Å²) < 4.78 is 38.0. The zero-order valence-electron chi connectivity index (χ0n) is 13.4. The second-order valence-corrected chi connectivity index (χ2v) is 8.92. The van der Waals surface area contributed by atoms with Crippen molar-refractivity contribution >= 4 is 54.6 Å². The summed E-state index contributed by atoms with van der Waals surface area (Å²) in [6, 6.07) is 7.98. The summed E-state index contributed by atoms with van der Waals surface area (Å²) in [5, 5.41) is 3.26. The standard InChI is InChI=1S/C17H14ClFN2O3S2/c18-13-7-8-14(17-16(13)20-10-25-17)21-15(22)2-1-9-26(23,24)12-5-3-11(19)4-6-12/h3-8,10H,1-2,9H2,(H,21,22). The zero-order valence-corrected chi connectivity index (χ0v) is 15.8. The molecule has 0 spiro atoms. The summed E-state index contributed by atoms with van der Waals surface area (Å²) in [4.78, 5) is 16.3. The van der Waals surface area contributed by atoms with Crippen molar-refractivity contribution in [1.29, 1.82) is 0 Å². The largest absolute Gasteiger partial charge is 0.325 e. The van der Waals surface area contributed by atoms with Gasteiger partial charge in [0.1, 0.15) is 11.3 Å². The Balaban J connectivity index is 1.59. The van der Waals surface area contributed by atoms with Crippen LogP contribution in [0.15, 0.2) is 46.8 Å². The molecule has 0 saturated carbocycles. The Morgan fingerprint density at radius 1 is 1.19 bits per heavy atom. The van der Waals surface area contributed by atoms with Gasteiger partial charge in [0, 0.05) is 6.42 Å². The van der Waals surface area contributed by atoms with E-state index in [4.69, 9.17) is 11.6 Å². The molecule has 2 aromatic carbocycles. The number of nitrogens with zero attached hydrogens (tertiary/aromatic N) is 1. The number of hydrogen-bond donors (Lipinski definition) is 1. The lowest BCUT2D eigenvalue weighted by atomic mass is 10.2. The normalized spacial score (nSPS) is 11.6. The number of hydrogen-bond acceptors (Lipinski definition) is 5. The highest BCUT2D eigenvalue weighted by atomic mass is 35.5. The molecular formula is C17H14ClFN2O3S2. The Morgan fingerprint density at radius 3 is 2.65 bits per heavy atom. The molecule has 0 fully saturated rings. The van der Waals surface area contributed by atoms with Crippen molar-refractivity contribution in [1.82, 2.24) is 4.98 Å². The van der Waals surface area contributed by atoms with E-state index < -0.39 is 15.7 Å². The van der Waals surface area contributed by atoms with Crippen molar-refractivity contribution in [3.8, 4) is 0 Å². The number of carbonyl (C=O) groups excluding carboxylic acids is 1. The van der Waals surface area contributed by atoms with Crippen molar-refractivity contribution in [2.45, 2.75) is 17.7 Å². The predicted octanol–water partition coefficient (Wildman–Crippen LogP) is 4.28. The molecule has 0 aliphatic heterocycles. The van der Waals surface area contributed by atoms with Gasteiger partial charge in [-0.2, -0.15) is 0 Å². The maximum absolute atomic E-state index is 12.9. The molecule has 0 aliphatic carbocycles. The molecule has 0 bridgehead atoms. The van der Waals surface area contributed by atoms with E-state index in [1.807, 2.05) is 0 Å². The number of sulfone groups is 1. The van der Waals surface area contributed by atoms with Gasteiger partial charge in [0.05, 0.1) is 31.6 Å². The van der Waals surface area contributed by atoms with Gasteiger partial charge in [0.15, 0.2) is 9.84 Å². The smallest absolute Gasteiger partial charge is 0.224 e. The van der Waals surface area contributed by atoms with Crippen LogP contribution in [0.5, 0.6) is 0 Å². The van der Waals surface area contributed by atoms with E-state index in [0.717, 1.165) is 16.8 Å². The third-order valence-electron chi connectivity index (χ3n) is 3.70. The summed E-state index contributed by atoms with van der Waals surface area (Å²) in [7, 11) is -3.55. The first-order valence-corrected chi connectivity index (χ1v) is 10.6. The van der Waals surface area contributed by atoms with Crippen LogP contribution >= 0.6 is 22.9 Å². The number of halogens is 2. The Bertz CT molecular complexity index is 1050. The van der Waals surface area contributed by atoms with Gasteiger partial charge in [0.25, 0.3) is 0 Å². The maximum Gasteiger partial charge on any atom is 0.224 e. The monoisotopic (exact) mass is 412 g/mol. The number of carbonyl (C=O) groups is 1. The number of thiazole rings is 1. The minimum atomic E-state index is -3.55. The van der Waals surface area contributed by atoms with E-state index in [9.17, 15) is 17.6 Å². The van der Waals surface area contributed by atoms with Gasteiger partial charge in [-0.15, -0.1) is 11.3 Å². The summed E-state index contributed by atoms with van der Waals surface area (Å²) >= 11 is 7.41. The highest BCUT2D eigenvalue weighted by Crippen LogP contribution is 2.32. The van der Waals surface area contributed by atoms with Crippen LogP contribution in [-0.4, -0.2) is 25.1 Å². The first kappa shape index (κ1) is 18.8. The van der Waals surface area contributed by atoms with E-state index in [0.29, 0.717) is 16.2 Å². The number of aromatic nitrogens is 1. The van der Waals surface area contributed by atoms with Gasteiger partial charge in [0.2, 0.25) is 5.91 Å². The van der Waals surface area contributed by atoms with Crippen molar-refractivity contribution in [3.63, 3.8) is 0 Å². The van der Waals surface area contributed by atoms with Crippen molar-refractivity contribution < 1.29 is 17.6 Å². The molecule has 3 rings (SSSR count). The number of benzene rings is 2. The average molecular weight is 413 g/mol. The Hall–Kier alpha value is -2.03. The molecule has 136 valence electrons. The van der Waals surface area contributed by atoms with Crippen molar-refractivity contribution in [2.24, 2.45) is 0 Å². The number of amides is 1. The second-order valence-electron chi connectivity index (χ2n) is 5.55. The maximum atomic E-state index is 12.9. The van der Waals surface area contributed by atoms with Gasteiger partial charge in [-0.1, -0.05) is 11.6 Å². The number of anilines is 1. The van der Waals surface area contributed by atoms with Crippen LogP contribution < -0.4 is 5.32 Å². The lowest BCUT2D eigenvalue weighted by molar-refractivity contribution is -0.116. The zero-order chi connectivity index (χ0) is 18.7. The van der Waals surface area contributed by atoms with Crippen LogP contribution in [0.2, 0.25) is 5.02 Å². The van der Waals surface area contributed by atoms with Crippen LogP contribution in [0.25, 0.3) is 10.2 Å².